The number of rotatable bonds is 5. The predicted molar refractivity (Wildman–Crippen MR) is 109 cm³/mol. The van der Waals surface area contributed by atoms with E-state index in [1.54, 1.807) is 30.5 Å². The second kappa shape index (κ2) is 8.53. The fourth-order valence-corrected chi connectivity index (χ4v) is 3.63. The standard InChI is InChI=1S/C22H24FN5O/c1-15-24-13-20(26-15)14-28-9-7-19(8-10-28)27-22(29)17-5-6-21(25-12-17)16-3-2-4-18(23)11-16/h2-6,11-13,19H,7-10,14H2,1H3,(H,24,26)(H,27,29). The molecule has 3 aromatic rings. The predicted octanol–water partition coefficient (Wildman–Crippen LogP) is 3.31. The molecule has 1 fully saturated rings. The van der Waals surface area contributed by atoms with Crippen molar-refractivity contribution in [3.05, 3.63) is 71.7 Å². The number of amides is 1. The maximum atomic E-state index is 13.4. The maximum Gasteiger partial charge on any atom is 0.253 e. The van der Waals surface area contributed by atoms with Gasteiger partial charge in [-0.1, -0.05) is 12.1 Å². The SMILES string of the molecule is Cc1nc(CN2CCC(NC(=O)c3ccc(-c4cccc(F)c4)nc3)CC2)c[nH]1. The van der Waals surface area contributed by atoms with Gasteiger partial charge in [-0.15, -0.1) is 0 Å². The highest BCUT2D eigenvalue weighted by Gasteiger charge is 2.22. The van der Waals surface area contributed by atoms with Gasteiger partial charge >= 0.3 is 0 Å². The lowest BCUT2D eigenvalue weighted by Gasteiger charge is -2.31. The van der Waals surface area contributed by atoms with E-state index >= 15 is 0 Å². The minimum Gasteiger partial charge on any atom is -0.349 e. The van der Waals surface area contributed by atoms with Crippen molar-refractivity contribution < 1.29 is 9.18 Å². The lowest BCUT2D eigenvalue weighted by Crippen LogP contribution is -2.44. The molecule has 0 atom stereocenters. The van der Waals surface area contributed by atoms with Crippen LogP contribution in [0.25, 0.3) is 11.3 Å². The Bertz CT molecular complexity index is 977. The number of carbonyl (C=O) groups is 1. The Kier molecular flexibility index (Phi) is 5.67. The van der Waals surface area contributed by atoms with Crippen molar-refractivity contribution in [2.45, 2.75) is 32.4 Å². The number of nitrogens with zero attached hydrogens (tertiary/aromatic N) is 3. The molecule has 150 valence electrons. The molecule has 7 heteroatoms. The molecule has 2 aromatic heterocycles. The normalized spacial score (nSPS) is 15.4. The number of nitrogens with one attached hydrogen (secondary N) is 2. The number of carbonyl (C=O) groups excluding carboxylic acids is 1. The molecule has 1 aliphatic heterocycles. The quantitative estimate of drug-likeness (QED) is 0.697. The van der Waals surface area contributed by atoms with Crippen LogP contribution in [0.3, 0.4) is 0 Å². The Balaban J connectivity index is 1.29. The number of hydrogen-bond donors (Lipinski definition) is 2. The number of benzene rings is 1. The Morgan fingerprint density at radius 3 is 2.76 bits per heavy atom. The van der Waals surface area contributed by atoms with Gasteiger partial charge in [-0.25, -0.2) is 9.37 Å². The first-order chi connectivity index (χ1) is 14.1. The van der Waals surface area contributed by atoms with E-state index in [1.807, 2.05) is 13.1 Å². The van der Waals surface area contributed by atoms with Crippen LogP contribution in [0, 0.1) is 12.7 Å². The fourth-order valence-electron chi connectivity index (χ4n) is 3.63. The largest absolute Gasteiger partial charge is 0.349 e. The van der Waals surface area contributed by atoms with E-state index < -0.39 is 0 Å². The molecule has 0 radical (unpaired) electrons. The number of H-pyrrole nitrogens is 1. The third-order valence-electron chi connectivity index (χ3n) is 5.21. The summed E-state index contributed by atoms with van der Waals surface area (Å²) in [5, 5.41) is 3.10. The van der Waals surface area contributed by atoms with Crippen LogP contribution in [0.1, 0.15) is 34.7 Å². The van der Waals surface area contributed by atoms with Gasteiger partial charge in [0.1, 0.15) is 11.6 Å². The van der Waals surface area contributed by atoms with Crippen molar-refractivity contribution in [1.82, 2.24) is 25.2 Å². The molecule has 0 aliphatic carbocycles. The highest BCUT2D eigenvalue weighted by atomic mass is 19.1. The lowest BCUT2D eigenvalue weighted by atomic mass is 10.0. The Labute approximate surface area is 169 Å². The van der Waals surface area contributed by atoms with Gasteiger partial charge in [0.25, 0.3) is 5.91 Å². The molecular formula is C22H24FN5O. The van der Waals surface area contributed by atoms with Gasteiger partial charge in [-0.05, 0) is 44.0 Å². The molecule has 0 spiro atoms. The number of halogens is 1. The van der Waals surface area contributed by atoms with Crippen LogP contribution in [-0.2, 0) is 6.54 Å². The topological polar surface area (TPSA) is 73.9 Å². The van der Waals surface area contributed by atoms with Crippen molar-refractivity contribution in [1.29, 1.82) is 0 Å². The Morgan fingerprint density at radius 2 is 2.10 bits per heavy atom. The number of hydrogen-bond acceptors (Lipinski definition) is 4. The molecule has 4 rings (SSSR count). The van der Waals surface area contributed by atoms with Crippen molar-refractivity contribution in [2.24, 2.45) is 0 Å². The van der Waals surface area contributed by atoms with Crippen LogP contribution >= 0.6 is 0 Å². The van der Waals surface area contributed by atoms with Crippen LogP contribution in [0.2, 0.25) is 0 Å². The Hall–Kier alpha value is -3.06. The third-order valence-corrected chi connectivity index (χ3v) is 5.21. The van der Waals surface area contributed by atoms with E-state index in [0.717, 1.165) is 44.0 Å². The van der Waals surface area contributed by atoms with E-state index in [1.165, 1.54) is 12.1 Å². The molecule has 29 heavy (non-hydrogen) atoms. The molecule has 2 N–H and O–H groups in total. The van der Waals surface area contributed by atoms with Gasteiger partial charge in [0.2, 0.25) is 0 Å². The number of aromatic amines is 1. The molecule has 0 saturated carbocycles. The van der Waals surface area contributed by atoms with E-state index in [2.05, 4.69) is 25.2 Å². The van der Waals surface area contributed by atoms with Gasteiger partial charge in [-0.2, -0.15) is 0 Å². The zero-order chi connectivity index (χ0) is 20.2. The molecule has 6 nitrogen and oxygen atoms in total. The zero-order valence-electron chi connectivity index (χ0n) is 16.4. The average Bonchev–Trinajstić information content (AvgIpc) is 3.14. The molecule has 1 amide bonds. The average molecular weight is 393 g/mol. The van der Waals surface area contributed by atoms with Crippen molar-refractivity contribution in [3.8, 4) is 11.3 Å². The highest BCUT2D eigenvalue weighted by molar-refractivity contribution is 5.94. The lowest BCUT2D eigenvalue weighted by molar-refractivity contribution is 0.0908. The Morgan fingerprint density at radius 1 is 1.28 bits per heavy atom. The van der Waals surface area contributed by atoms with Crippen LogP contribution in [0.15, 0.2) is 48.8 Å². The summed E-state index contributed by atoms with van der Waals surface area (Å²) in [4.78, 5) is 26.8. The first-order valence-electron chi connectivity index (χ1n) is 9.83. The summed E-state index contributed by atoms with van der Waals surface area (Å²) in [6.45, 7) is 4.63. The smallest absolute Gasteiger partial charge is 0.253 e. The second-order valence-corrected chi connectivity index (χ2v) is 7.44. The second-order valence-electron chi connectivity index (χ2n) is 7.44. The van der Waals surface area contributed by atoms with Gasteiger partial charge in [0.05, 0.1) is 17.0 Å². The van der Waals surface area contributed by atoms with E-state index in [4.69, 9.17) is 0 Å². The summed E-state index contributed by atoms with van der Waals surface area (Å²) in [5.74, 6) is 0.503. The number of likely N-dealkylation sites (tertiary alicyclic amines) is 1. The minimum atomic E-state index is -0.306. The van der Waals surface area contributed by atoms with Crippen LogP contribution in [-0.4, -0.2) is 44.9 Å². The van der Waals surface area contributed by atoms with Crippen molar-refractivity contribution >= 4 is 5.91 Å². The molecule has 1 saturated heterocycles. The fraction of sp³-hybridized carbons (Fsp3) is 0.318. The van der Waals surface area contributed by atoms with Crippen molar-refractivity contribution in [3.63, 3.8) is 0 Å². The summed E-state index contributed by atoms with van der Waals surface area (Å²) in [7, 11) is 0. The maximum absolute atomic E-state index is 13.4. The molecule has 1 aliphatic rings. The van der Waals surface area contributed by atoms with Gasteiger partial charge in [-0.3, -0.25) is 14.7 Å². The van der Waals surface area contributed by atoms with Crippen LogP contribution in [0.5, 0.6) is 0 Å². The summed E-state index contributed by atoms with van der Waals surface area (Å²) in [6, 6.07) is 9.90. The molecule has 1 aromatic carbocycles. The van der Waals surface area contributed by atoms with E-state index in [9.17, 15) is 9.18 Å². The number of piperidine rings is 1. The van der Waals surface area contributed by atoms with Gasteiger partial charge in [0.15, 0.2) is 0 Å². The molecule has 0 unspecified atom stereocenters. The monoisotopic (exact) mass is 393 g/mol. The molecule has 0 bridgehead atoms. The van der Waals surface area contributed by atoms with Gasteiger partial charge in [0, 0.05) is 43.6 Å². The number of aromatic nitrogens is 3. The van der Waals surface area contributed by atoms with Crippen molar-refractivity contribution in [2.75, 3.05) is 13.1 Å². The third kappa shape index (κ3) is 4.86. The van der Waals surface area contributed by atoms with Crippen LogP contribution in [0.4, 0.5) is 4.39 Å². The molecule has 3 heterocycles. The van der Waals surface area contributed by atoms with Gasteiger partial charge < -0.3 is 10.3 Å². The van der Waals surface area contributed by atoms with E-state index in [0.29, 0.717) is 16.8 Å². The zero-order valence-corrected chi connectivity index (χ0v) is 16.4. The number of imidazole rings is 1. The summed E-state index contributed by atoms with van der Waals surface area (Å²) >= 11 is 0. The molecular weight excluding hydrogens is 369 g/mol. The van der Waals surface area contributed by atoms with E-state index in [-0.39, 0.29) is 17.8 Å². The first-order valence-corrected chi connectivity index (χ1v) is 9.83. The summed E-state index contributed by atoms with van der Waals surface area (Å²) in [5.41, 5.74) is 2.90. The number of aryl methyl sites for hydroxylation is 1. The van der Waals surface area contributed by atoms with Crippen LogP contribution < -0.4 is 5.32 Å². The summed E-state index contributed by atoms with van der Waals surface area (Å²) in [6.07, 6.45) is 5.31. The minimum absolute atomic E-state index is 0.121. The number of pyridine rings is 1. The summed E-state index contributed by atoms with van der Waals surface area (Å²) < 4.78 is 13.4. The first kappa shape index (κ1) is 19.3. The highest BCUT2D eigenvalue weighted by Crippen LogP contribution is 2.18.